The summed E-state index contributed by atoms with van der Waals surface area (Å²) in [6, 6.07) is 4.73. The second-order valence-corrected chi connectivity index (χ2v) is 5.87. The van der Waals surface area contributed by atoms with Gasteiger partial charge in [-0.25, -0.2) is 0 Å². The first-order valence-electron chi connectivity index (χ1n) is 8.39. The number of likely N-dealkylation sites (tertiary alicyclic amines) is 1. The van der Waals surface area contributed by atoms with Gasteiger partial charge in [0.15, 0.2) is 11.5 Å². The third-order valence-corrected chi connectivity index (χ3v) is 4.29. The Hall–Kier alpha value is -2.28. The summed E-state index contributed by atoms with van der Waals surface area (Å²) >= 11 is 0. The van der Waals surface area contributed by atoms with Gasteiger partial charge in [0.1, 0.15) is 6.04 Å². The molecule has 130 valence electrons. The average molecular weight is 333 g/mol. The zero-order chi connectivity index (χ0) is 16.9. The second kappa shape index (κ2) is 7.53. The molecule has 24 heavy (non-hydrogen) atoms. The van der Waals surface area contributed by atoms with Crippen LogP contribution in [0.25, 0.3) is 0 Å². The van der Waals surface area contributed by atoms with E-state index in [9.17, 15) is 9.59 Å². The summed E-state index contributed by atoms with van der Waals surface area (Å²) in [5.41, 5.74) is 0.520. The highest BCUT2D eigenvalue weighted by Gasteiger charge is 2.34. The van der Waals surface area contributed by atoms with Gasteiger partial charge >= 0.3 is 0 Å². The molecule has 2 aliphatic rings. The lowest BCUT2D eigenvalue weighted by Gasteiger charge is -2.24. The number of likely N-dealkylation sites (N-methyl/N-ethyl adjacent to an activating group) is 1. The molecule has 0 aromatic heterocycles. The number of hydrogen-bond acceptors (Lipinski definition) is 5. The van der Waals surface area contributed by atoms with Crippen molar-refractivity contribution in [1.82, 2.24) is 15.5 Å². The van der Waals surface area contributed by atoms with Crippen LogP contribution in [0, 0.1) is 0 Å². The minimum absolute atomic E-state index is 0.0838. The number of carbonyl (C=O) groups excluding carboxylic acids is 2. The van der Waals surface area contributed by atoms with Gasteiger partial charge in [0.25, 0.3) is 5.91 Å². The quantitative estimate of drug-likeness (QED) is 0.751. The van der Waals surface area contributed by atoms with Crippen LogP contribution < -0.4 is 20.1 Å². The highest BCUT2D eigenvalue weighted by atomic mass is 16.7. The molecular formula is C17H23N3O4. The fourth-order valence-corrected chi connectivity index (χ4v) is 3.05. The Morgan fingerprint density at radius 2 is 2.08 bits per heavy atom. The molecule has 7 nitrogen and oxygen atoms in total. The standard InChI is InChI=1S/C17H23N3O4/c1-2-18-7-8-19-16(21)13-4-3-9-20(13)17(22)12-5-6-14-15(10-12)24-11-23-14/h5-6,10,13,18H,2-4,7-9,11H2,1H3,(H,19,21). The third-order valence-electron chi connectivity index (χ3n) is 4.29. The van der Waals surface area contributed by atoms with E-state index in [1.165, 1.54) is 0 Å². The van der Waals surface area contributed by atoms with E-state index in [4.69, 9.17) is 9.47 Å². The Kier molecular flexibility index (Phi) is 5.20. The van der Waals surface area contributed by atoms with Crippen LogP contribution >= 0.6 is 0 Å². The average Bonchev–Trinajstić information content (AvgIpc) is 3.25. The highest BCUT2D eigenvalue weighted by Crippen LogP contribution is 2.33. The number of benzene rings is 1. The van der Waals surface area contributed by atoms with Gasteiger partial charge in [-0.05, 0) is 37.6 Å². The molecule has 0 radical (unpaired) electrons. The normalized spacial score (nSPS) is 18.7. The van der Waals surface area contributed by atoms with Crippen molar-refractivity contribution in [2.75, 3.05) is 33.0 Å². The van der Waals surface area contributed by atoms with Crippen LogP contribution in [0.3, 0.4) is 0 Å². The summed E-state index contributed by atoms with van der Waals surface area (Å²) in [6.07, 6.45) is 1.53. The number of rotatable bonds is 6. The van der Waals surface area contributed by atoms with Crippen LogP contribution in [0.2, 0.25) is 0 Å². The second-order valence-electron chi connectivity index (χ2n) is 5.87. The number of fused-ring (bicyclic) bond motifs is 1. The lowest BCUT2D eigenvalue weighted by Crippen LogP contribution is -2.47. The van der Waals surface area contributed by atoms with E-state index in [-0.39, 0.29) is 18.6 Å². The van der Waals surface area contributed by atoms with Crippen molar-refractivity contribution in [2.45, 2.75) is 25.8 Å². The topological polar surface area (TPSA) is 79.9 Å². The molecule has 1 aromatic rings. The van der Waals surface area contributed by atoms with Crippen LogP contribution in [0.1, 0.15) is 30.1 Å². The molecule has 0 spiro atoms. The number of amides is 2. The van der Waals surface area contributed by atoms with Crippen molar-refractivity contribution < 1.29 is 19.1 Å². The Labute approximate surface area is 141 Å². The number of ether oxygens (including phenoxy) is 2. The van der Waals surface area contributed by atoms with E-state index < -0.39 is 6.04 Å². The molecule has 2 N–H and O–H groups in total. The predicted molar refractivity (Wildman–Crippen MR) is 88.2 cm³/mol. The van der Waals surface area contributed by atoms with E-state index in [1.807, 2.05) is 6.92 Å². The molecule has 2 heterocycles. The van der Waals surface area contributed by atoms with Gasteiger partial charge in [0, 0.05) is 25.2 Å². The molecular weight excluding hydrogens is 310 g/mol. The first-order chi connectivity index (χ1) is 11.7. The molecule has 1 aromatic carbocycles. The summed E-state index contributed by atoms with van der Waals surface area (Å²) in [7, 11) is 0. The Balaban J connectivity index is 1.64. The van der Waals surface area contributed by atoms with Gasteiger partial charge in [-0.1, -0.05) is 6.92 Å². The molecule has 7 heteroatoms. The first kappa shape index (κ1) is 16.6. The van der Waals surface area contributed by atoms with E-state index in [2.05, 4.69) is 10.6 Å². The molecule has 1 saturated heterocycles. The molecule has 2 aliphatic heterocycles. The third kappa shape index (κ3) is 3.46. The minimum Gasteiger partial charge on any atom is -0.454 e. The molecule has 3 rings (SSSR count). The molecule has 1 atom stereocenters. The van der Waals surface area contributed by atoms with Crippen molar-refractivity contribution in [3.8, 4) is 11.5 Å². The molecule has 2 amide bonds. The van der Waals surface area contributed by atoms with Crippen LogP contribution in [0.4, 0.5) is 0 Å². The Morgan fingerprint density at radius 1 is 1.25 bits per heavy atom. The van der Waals surface area contributed by atoms with Crippen LogP contribution in [-0.4, -0.2) is 55.7 Å². The van der Waals surface area contributed by atoms with Gasteiger partial charge < -0.3 is 25.0 Å². The maximum absolute atomic E-state index is 12.8. The van der Waals surface area contributed by atoms with E-state index in [0.29, 0.717) is 36.6 Å². The van der Waals surface area contributed by atoms with E-state index in [1.54, 1.807) is 23.1 Å². The molecule has 0 bridgehead atoms. The van der Waals surface area contributed by atoms with Crippen molar-refractivity contribution >= 4 is 11.8 Å². The largest absolute Gasteiger partial charge is 0.454 e. The van der Waals surface area contributed by atoms with Crippen LogP contribution in [0.5, 0.6) is 11.5 Å². The van der Waals surface area contributed by atoms with E-state index in [0.717, 1.165) is 19.5 Å². The molecule has 0 saturated carbocycles. The van der Waals surface area contributed by atoms with Gasteiger partial charge in [-0.15, -0.1) is 0 Å². The predicted octanol–water partition coefficient (Wildman–Crippen LogP) is 0.746. The zero-order valence-electron chi connectivity index (χ0n) is 13.8. The molecule has 1 unspecified atom stereocenters. The van der Waals surface area contributed by atoms with Gasteiger partial charge in [0.05, 0.1) is 0 Å². The zero-order valence-corrected chi connectivity index (χ0v) is 13.8. The van der Waals surface area contributed by atoms with Crippen LogP contribution in [-0.2, 0) is 4.79 Å². The smallest absolute Gasteiger partial charge is 0.254 e. The maximum Gasteiger partial charge on any atom is 0.254 e. The van der Waals surface area contributed by atoms with Crippen LogP contribution in [0.15, 0.2) is 18.2 Å². The van der Waals surface area contributed by atoms with Crippen molar-refractivity contribution in [1.29, 1.82) is 0 Å². The number of nitrogens with one attached hydrogen (secondary N) is 2. The summed E-state index contributed by atoms with van der Waals surface area (Å²) in [6.45, 7) is 4.95. The Bertz CT molecular complexity index is 620. The highest BCUT2D eigenvalue weighted by molar-refractivity contribution is 5.98. The first-order valence-corrected chi connectivity index (χ1v) is 8.39. The van der Waals surface area contributed by atoms with Crippen molar-refractivity contribution in [2.24, 2.45) is 0 Å². The van der Waals surface area contributed by atoms with Gasteiger partial charge in [-0.2, -0.15) is 0 Å². The summed E-state index contributed by atoms with van der Waals surface area (Å²) in [4.78, 5) is 26.8. The fourth-order valence-electron chi connectivity index (χ4n) is 3.05. The summed E-state index contributed by atoms with van der Waals surface area (Å²) in [5, 5.41) is 6.05. The summed E-state index contributed by atoms with van der Waals surface area (Å²) < 4.78 is 10.6. The fraction of sp³-hybridized carbons (Fsp3) is 0.529. The monoisotopic (exact) mass is 333 g/mol. The molecule has 0 aliphatic carbocycles. The van der Waals surface area contributed by atoms with Crippen molar-refractivity contribution in [3.63, 3.8) is 0 Å². The molecule has 1 fully saturated rings. The van der Waals surface area contributed by atoms with Gasteiger partial charge in [0.2, 0.25) is 12.7 Å². The summed E-state index contributed by atoms with van der Waals surface area (Å²) in [5.74, 6) is 0.995. The lowest BCUT2D eigenvalue weighted by atomic mass is 10.1. The van der Waals surface area contributed by atoms with E-state index >= 15 is 0 Å². The minimum atomic E-state index is -0.399. The van der Waals surface area contributed by atoms with Gasteiger partial charge in [-0.3, -0.25) is 9.59 Å². The lowest BCUT2D eigenvalue weighted by molar-refractivity contribution is -0.124. The number of nitrogens with zero attached hydrogens (tertiary/aromatic N) is 1. The Morgan fingerprint density at radius 3 is 2.92 bits per heavy atom. The number of carbonyl (C=O) groups is 2. The maximum atomic E-state index is 12.8. The number of hydrogen-bond donors (Lipinski definition) is 2. The SMILES string of the molecule is CCNCCNC(=O)C1CCCN1C(=O)c1ccc2c(c1)OCO2. The van der Waals surface area contributed by atoms with Crippen molar-refractivity contribution in [3.05, 3.63) is 23.8 Å².